The number of aromatic nitrogens is 2. The predicted octanol–water partition coefficient (Wildman–Crippen LogP) is 3.61. The monoisotopic (exact) mass is 371 g/mol. The van der Waals surface area contributed by atoms with Crippen molar-refractivity contribution in [2.24, 2.45) is 0 Å². The first kappa shape index (κ1) is 17.8. The van der Waals surface area contributed by atoms with E-state index in [1.165, 1.54) is 0 Å². The van der Waals surface area contributed by atoms with Crippen molar-refractivity contribution in [1.82, 2.24) is 9.78 Å². The van der Waals surface area contributed by atoms with Gasteiger partial charge in [0.2, 0.25) is 0 Å². The van der Waals surface area contributed by atoms with E-state index in [2.05, 4.69) is 10.4 Å². The number of carbonyl (C=O) groups is 1. The molecular formula is C19H18ClN3O3. The average molecular weight is 372 g/mol. The molecule has 0 bridgehead atoms. The van der Waals surface area contributed by atoms with Crippen LogP contribution < -0.4 is 14.8 Å². The molecule has 7 heteroatoms. The van der Waals surface area contributed by atoms with Crippen LogP contribution in [0.2, 0.25) is 5.02 Å². The number of hydrogen-bond donors (Lipinski definition) is 1. The Labute approximate surface area is 156 Å². The van der Waals surface area contributed by atoms with E-state index < -0.39 is 0 Å². The predicted molar refractivity (Wildman–Crippen MR) is 99.9 cm³/mol. The van der Waals surface area contributed by atoms with Crippen molar-refractivity contribution in [2.75, 3.05) is 19.0 Å². The number of nitrogens with one attached hydrogen (secondary N) is 1. The van der Waals surface area contributed by atoms with Crippen molar-refractivity contribution in [3.63, 3.8) is 0 Å². The van der Waals surface area contributed by atoms with Crippen molar-refractivity contribution in [1.29, 1.82) is 0 Å². The number of amides is 1. The molecule has 0 unspecified atom stereocenters. The van der Waals surface area contributed by atoms with Gasteiger partial charge in [-0.3, -0.25) is 9.48 Å². The van der Waals surface area contributed by atoms with Crippen LogP contribution in [0.3, 0.4) is 0 Å². The minimum Gasteiger partial charge on any atom is -0.497 e. The van der Waals surface area contributed by atoms with Gasteiger partial charge in [-0.05, 0) is 42.0 Å². The molecule has 0 aliphatic carbocycles. The van der Waals surface area contributed by atoms with Gasteiger partial charge < -0.3 is 14.8 Å². The molecule has 0 atom stereocenters. The second-order valence-electron chi connectivity index (χ2n) is 5.57. The Kier molecular flexibility index (Phi) is 5.76. The van der Waals surface area contributed by atoms with Crippen molar-refractivity contribution in [3.05, 3.63) is 71.5 Å². The molecule has 3 aromatic rings. The van der Waals surface area contributed by atoms with Gasteiger partial charge in [0, 0.05) is 11.2 Å². The van der Waals surface area contributed by atoms with Gasteiger partial charge >= 0.3 is 0 Å². The first-order valence-corrected chi connectivity index (χ1v) is 8.34. The molecule has 0 saturated carbocycles. The van der Waals surface area contributed by atoms with Gasteiger partial charge in [0.1, 0.15) is 11.5 Å². The summed E-state index contributed by atoms with van der Waals surface area (Å²) >= 11 is 5.81. The number of nitrogens with zero attached hydrogens (tertiary/aromatic N) is 2. The fourth-order valence-corrected chi connectivity index (χ4v) is 2.48. The zero-order valence-corrected chi connectivity index (χ0v) is 14.9. The number of halogens is 1. The third-order valence-electron chi connectivity index (χ3n) is 3.58. The summed E-state index contributed by atoms with van der Waals surface area (Å²) in [6.45, 7) is 0.483. The number of rotatable bonds is 7. The molecule has 0 fully saturated rings. The van der Waals surface area contributed by atoms with Crippen LogP contribution in [0.4, 0.5) is 5.69 Å². The van der Waals surface area contributed by atoms with Crippen molar-refractivity contribution >= 4 is 23.2 Å². The molecule has 6 nitrogen and oxygen atoms in total. The van der Waals surface area contributed by atoms with Crippen molar-refractivity contribution in [2.45, 2.75) is 6.54 Å². The van der Waals surface area contributed by atoms with Crippen LogP contribution in [-0.2, 0) is 11.3 Å². The van der Waals surface area contributed by atoms with Crippen LogP contribution in [0, 0.1) is 0 Å². The highest BCUT2D eigenvalue weighted by atomic mass is 35.5. The Hall–Kier alpha value is -2.99. The molecule has 0 aliphatic heterocycles. The summed E-state index contributed by atoms with van der Waals surface area (Å²) in [5.41, 5.74) is 1.66. The zero-order chi connectivity index (χ0) is 18.4. The van der Waals surface area contributed by atoms with Crippen LogP contribution in [0.5, 0.6) is 11.5 Å². The van der Waals surface area contributed by atoms with E-state index >= 15 is 0 Å². The third-order valence-corrected chi connectivity index (χ3v) is 3.83. The quantitative estimate of drug-likeness (QED) is 0.689. The number of benzene rings is 2. The third kappa shape index (κ3) is 5.00. The van der Waals surface area contributed by atoms with E-state index in [4.69, 9.17) is 21.1 Å². The fourth-order valence-electron chi connectivity index (χ4n) is 2.35. The van der Waals surface area contributed by atoms with E-state index in [1.807, 2.05) is 24.3 Å². The van der Waals surface area contributed by atoms with Crippen LogP contribution >= 0.6 is 11.6 Å². The van der Waals surface area contributed by atoms with Gasteiger partial charge in [-0.2, -0.15) is 5.10 Å². The Bertz CT molecular complexity index is 878. The zero-order valence-electron chi connectivity index (χ0n) is 14.2. The van der Waals surface area contributed by atoms with Crippen LogP contribution in [0.25, 0.3) is 0 Å². The summed E-state index contributed by atoms with van der Waals surface area (Å²) in [5, 5.41) is 7.62. The van der Waals surface area contributed by atoms with E-state index in [1.54, 1.807) is 48.5 Å². The molecule has 1 heterocycles. The SMILES string of the molecule is COc1cccc(Cn2cc(NC(=O)COc3ccc(Cl)cc3)cn2)c1. The first-order valence-electron chi connectivity index (χ1n) is 7.96. The Morgan fingerprint density at radius 2 is 2.00 bits per heavy atom. The lowest BCUT2D eigenvalue weighted by atomic mass is 10.2. The summed E-state index contributed by atoms with van der Waals surface area (Å²) in [4.78, 5) is 12.0. The topological polar surface area (TPSA) is 65.4 Å². The van der Waals surface area contributed by atoms with Crippen molar-refractivity contribution < 1.29 is 14.3 Å². The van der Waals surface area contributed by atoms with Gasteiger partial charge in [0.25, 0.3) is 5.91 Å². The number of hydrogen-bond acceptors (Lipinski definition) is 4. The lowest BCUT2D eigenvalue weighted by Gasteiger charge is -2.06. The maximum atomic E-state index is 12.0. The highest BCUT2D eigenvalue weighted by molar-refractivity contribution is 6.30. The average Bonchev–Trinajstić information content (AvgIpc) is 3.08. The van der Waals surface area contributed by atoms with Gasteiger partial charge in [-0.1, -0.05) is 23.7 Å². The molecule has 0 aliphatic rings. The molecular weight excluding hydrogens is 354 g/mol. The Balaban J connectivity index is 1.52. The van der Waals surface area contributed by atoms with E-state index in [0.29, 0.717) is 23.0 Å². The molecule has 1 amide bonds. The molecule has 134 valence electrons. The standard InChI is InChI=1S/C19H18ClN3O3/c1-25-18-4-2-3-14(9-18)11-23-12-16(10-21-23)22-19(24)13-26-17-7-5-15(20)6-8-17/h2-10,12H,11,13H2,1H3,(H,22,24). The maximum Gasteiger partial charge on any atom is 0.262 e. The van der Waals surface area contributed by atoms with Crippen LogP contribution in [0.1, 0.15) is 5.56 Å². The van der Waals surface area contributed by atoms with E-state index in [-0.39, 0.29) is 12.5 Å². The fraction of sp³-hybridized carbons (Fsp3) is 0.158. The van der Waals surface area contributed by atoms with E-state index in [0.717, 1.165) is 11.3 Å². The van der Waals surface area contributed by atoms with Gasteiger partial charge in [-0.25, -0.2) is 0 Å². The molecule has 26 heavy (non-hydrogen) atoms. The molecule has 0 radical (unpaired) electrons. The molecule has 0 spiro atoms. The summed E-state index contributed by atoms with van der Waals surface area (Å²) < 4.78 is 12.4. The van der Waals surface area contributed by atoms with Crippen LogP contribution in [0.15, 0.2) is 60.9 Å². The first-order chi connectivity index (χ1) is 12.6. The molecule has 1 N–H and O–H groups in total. The number of anilines is 1. The second kappa shape index (κ2) is 8.40. The highest BCUT2D eigenvalue weighted by Crippen LogP contribution is 2.16. The van der Waals surface area contributed by atoms with Crippen molar-refractivity contribution in [3.8, 4) is 11.5 Å². The Morgan fingerprint density at radius 1 is 1.19 bits per heavy atom. The molecule has 1 aromatic heterocycles. The maximum absolute atomic E-state index is 12.0. The number of ether oxygens (including phenoxy) is 2. The van der Waals surface area contributed by atoms with Gasteiger partial charge in [0.05, 0.1) is 25.5 Å². The minimum atomic E-state index is -0.263. The minimum absolute atomic E-state index is 0.0945. The number of carbonyl (C=O) groups excluding carboxylic acids is 1. The molecule has 3 rings (SSSR count). The summed E-state index contributed by atoms with van der Waals surface area (Å²) in [6.07, 6.45) is 3.36. The van der Waals surface area contributed by atoms with Gasteiger partial charge in [-0.15, -0.1) is 0 Å². The lowest BCUT2D eigenvalue weighted by Crippen LogP contribution is -2.19. The van der Waals surface area contributed by atoms with Gasteiger partial charge in [0.15, 0.2) is 6.61 Å². The summed E-state index contributed by atoms with van der Waals surface area (Å²) in [5.74, 6) is 1.11. The second-order valence-corrected chi connectivity index (χ2v) is 6.01. The summed E-state index contributed by atoms with van der Waals surface area (Å²) in [7, 11) is 1.63. The largest absolute Gasteiger partial charge is 0.497 e. The highest BCUT2D eigenvalue weighted by Gasteiger charge is 2.07. The Morgan fingerprint density at radius 3 is 2.77 bits per heavy atom. The lowest BCUT2D eigenvalue weighted by molar-refractivity contribution is -0.118. The van der Waals surface area contributed by atoms with E-state index in [9.17, 15) is 4.79 Å². The smallest absolute Gasteiger partial charge is 0.262 e. The normalized spacial score (nSPS) is 10.4. The molecule has 0 saturated heterocycles. The number of methoxy groups -OCH3 is 1. The van der Waals surface area contributed by atoms with Crippen LogP contribution in [-0.4, -0.2) is 29.4 Å². The summed E-state index contributed by atoms with van der Waals surface area (Å²) in [6, 6.07) is 14.6. The molecule has 2 aromatic carbocycles.